The zero-order valence-electron chi connectivity index (χ0n) is 10.7. The zero-order chi connectivity index (χ0) is 15.4. The minimum Gasteiger partial charge on any atom is -0.345 e. The van der Waals surface area contributed by atoms with E-state index in [0.717, 1.165) is 6.07 Å². The summed E-state index contributed by atoms with van der Waals surface area (Å²) >= 11 is 6.57. The topological polar surface area (TPSA) is 29.1 Å². The number of alkyl halides is 5. The molecule has 0 fully saturated rings. The second-order valence-electron chi connectivity index (χ2n) is 4.40. The lowest BCUT2D eigenvalue weighted by Crippen LogP contribution is -2.51. The van der Waals surface area contributed by atoms with Crippen molar-refractivity contribution < 1.29 is 18.0 Å². The van der Waals surface area contributed by atoms with Gasteiger partial charge in [0.15, 0.2) is 0 Å². The molecule has 0 saturated heterocycles. The smallest absolute Gasteiger partial charge is 0.345 e. The largest absolute Gasteiger partial charge is 0.417 e. The molecule has 7 heteroatoms. The number of hydrogen-bond acceptors (Lipinski definition) is 1. The molecular formula is C13H14Br2F3NO. The summed E-state index contributed by atoms with van der Waals surface area (Å²) in [5.41, 5.74) is -1.90. The van der Waals surface area contributed by atoms with Crippen LogP contribution in [0.2, 0.25) is 0 Å². The van der Waals surface area contributed by atoms with E-state index in [4.69, 9.17) is 0 Å². The normalized spacial score (nSPS) is 12.3. The van der Waals surface area contributed by atoms with Gasteiger partial charge >= 0.3 is 6.18 Å². The van der Waals surface area contributed by atoms with Gasteiger partial charge in [0.2, 0.25) is 0 Å². The van der Waals surface area contributed by atoms with Crippen LogP contribution in [-0.2, 0) is 6.18 Å². The standard InChI is InChI=1S/C13H14Br2F3NO/c1-2-12(7-14,8-15)19-11(20)9-5-3-4-6-10(9)13(16,17)18/h3-6H,2,7-8H2,1H3,(H,19,20). The molecule has 0 aliphatic heterocycles. The Kier molecular flexibility index (Phi) is 6.06. The summed E-state index contributed by atoms with van der Waals surface area (Å²) in [5, 5.41) is 3.57. The van der Waals surface area contributed by atoms with E-state index in [1.165, 1.54) is 18.2 Å². The maximum atomic E-state index is 12.9. The maximum Gasteiger partial charge on any atom is 0.417 e. The second-order valence-corrected chi connectivity index (χ2v) is 5.52. The van der Waals surface area contributed by atoms with Gasteiger partial charge in [0.05, 0.1) is 16.7 Å². The van der Waals surface area contributed by atoms with Crippen molar-refractivity contribution in [3.8, 4) is 0 Å². The van der Waals surface area contributed by atoms with Gasteiger partial charge in [-0.3, -0.25) is 4.79 Å². The number of amides is 1. The molecule has 1 N–H and O–H groups in total. The van der Waals surface area contributed by atoms with Crippen LogP contribution in [0.4, 0.5) is 13.2 Å². The number of hydrogen-bond donors (Lipinski definition) is 1. The van der Waals surface area contributed by atoms with E-state index < -0.39 is 23.2 Å². The summed E-state index contributed by atoms with van der Waals surface area (Å²) in [4.78, 5) is 12.2. The highest BCUT2D eigenvalue weighted by atomic mass is 79.9. The lowest BCUT2D eigenvalue weighted by atomic mass is 9.99. The van der Waals surface area contributed by atoms with Crippen LogP contribution in [0.1, 0.15) is 29.3 Å². The number of carbonyl (C=O) groups is 1. The Morgan fingerprint density at radius 3 is 2.20 bits per heavy atom. The van der Waals surface area contributed by atoms with Crippen LogP contribution in [0, 0.1) is 0 Å². The van der Waals surface area contributed by atoms with Crippen LogP contribution in [0.5, 0.6) is 0 Å². The van der Waals surface area contributed by atoms with Crippen molar-refractivity contribution in [1.29, 1.82) is 0 Å². The lowest BCUT2D eigenvalue weighted by molar-refractivity contribution is -0.137. The number of nitrogens with one attached hydrogen (secondary N) is 1. The fourth-order valence-corrected chi connectivity index (χ4v) is 3.62. The first-order valence-corrected chi connectivity index (χ1v) is 8.14. The average Bonchev–Trinajstić information content (AvgIpc) is 2.44. The summed E-state index contributed by atoms with van der Waals surface area (Å²) in [6, 6.07) is 4.77. The van der Waals surface area contributed by atoms with Crippen LogP contribution < -0.4 is 5.32 Å². The van der Waals surface area contributed by atoms with Gasteiger partial charge in [-0.1, -0.05) is 50.9 Å². The van der Waals surface area contributed by atoms with Crippen molar-refractivity contribution in [2.45, 2.75) is 25.1 Å². The monoisotopic (exact) mass is 415 g/mol. The highest BCUT2D eigenvalue weighted by Crippen LogP contribution is 2.32. The van der Waals surface area contributed by atoms with E-state index in [9.17, 15) is 18.0 Å². The van der Waals surface area contributed by atoms with E-state index in [1.54, 1.807) is 0 Å². The molecule has 0 heterocycles. The first-order chi connectivity index (χ1) is 9.29. The SMILES string of the molecule is CCC(CBr)(CBr)NC(=O)c1ccccc1C(F)(F)F. The summed E-state index contributed by atoms with van der Waals surface area (Å²) in [6.45, 7) is 1.86. The molecule has 0 aliphatic rings. The quantitative estimate of drug-likeness (QED) is 0.709. The van der Waals surface area contributed by atoms with Crippen molar-refractivity contribution >= 4 is 37.8 Å². The van der Waals surface area contributed by atoms with E-state index in [0.29, 0.717) is 17.1 Å². The maximum absolute atomic E-state index is 12.9. The van der Waals surface area contributed by atoms with Gasteiger partial charge < -0.3 is 5.32 Å². The molecule has 0 radical (unpaired) electrons. The molecule has 1 rings (SSSR count). The molecule has 0 aliphatic carbocycles. The first kappa shape index (κ1) is 17.5. The Morgan fingerprint density at radius 2 is 1.75 bits per heavy atom. The van der Waals surface area contributed by atoms with Gasteiger partial charge in [-0.25, -0.2) is 0 Å². The number of rotatable bonds is 5. The molecule has 0 saturated carbocycles. The van der Waals surface area contributed by atoms with Crippen LogP contribution in [0.15, 0.2) is 24.3 Å². The Labute approximate surface area is 132 Å². The summed E-state index contributed by atoms with van der Waals surface area (Å²) in [6.07, 6.45) is -3.96. The third-order valence-electron chi connectivity index (χ3n) is 3.04. The van der Waals surface area contributed by atoms with Crippen molar-refractivity contribution in [1.82, 2.24) is 5.32 Å². The minimum absolute atomic E-state index is 0.361. The number of benzene rings is 1. The fourth-order valence-electron chi connectivity index (χ4n) is 1.62. The molecule has 1 aromatic carbocycles. The molecule has 0 aromatic heterocycles. The molecule has 2 nitrogen and oxygen atoms in total. The van der Waals surface area contributed by atoms with E-state index >= 15 is 0 Å². The summed E-state index contributed by atoms with van der Waals surface area (Å²) < 4.78 is 38.7. The second kappa shape index (κ2) is 6.93. The third kappa shape index (κ3) is 3.97. The molecular weight excluding hydrogens is 403 g/mol. The van der Waals surface area contributed by atoms with Gasteiger partial charge in [-0.15, -0.1) is 0 Å². The van der Waals surface area contributed by atoms with E-state index in [-0.39, 0.29) is 5.56 Å². The van der Waals surface area contributed by atoms with Gasteiger partial charge in [0, 0.05) is 10.7 Å². The highest BCUT2D eigenvalue weighted by Gasteiger charge is 2.36. The fraction of sp³-hybridized carbons (Fsp3) is 0.462. The van der Waals surface area contributed by atoms with Gasteiger partial charge in [-0.2, -0.15) is 13.2 Å². The van der Waals surface area contributed by atoms with Crippen LogP contribution >= 0.6 is 31.9 Å². The lowest BCUT2D eigenvalue weighted by Gasteiger charge is -2.30. The molecule has 0 atom stereocenters. The summed E-state index contributed by atoms with van der Waals surface area (Å²) in [7, 11) is 0. The van der Waals surface area contributed by atoms with Crippen molar-refractivity contribution in [3.05, 3.63) is 35.4 Å². The van der Waals surface area contributed by atoms with E-state index in [1.807, 2.05) is 6.92 Å². The van der Waals surface area contributed by atoms with Crippen LogP contribution in [0.25, 0.3) is 0 Å². The number of carbonyl (C=O) groups excluding carboxylic acids is 1. The van der Waals surface area contributed by atoms with Gasteiger partial charge in [0.25, 0.3) is 5.91 Å². The molecule has 0 spiro atoms. The third-order valence-corrected chi connectivity index (χ3v) is 5.19. The Bertz CT molecular complexity index is 465. The zero-order valence-corrected chi connectivity index (χ0v) is 13.9. The van der Waals surface area contributed by atoms with Crippen molar-refractivity contribution in [3.63, 3.8) is 0 Å². The Balaban J connectivity index is 3.11. The van der Waals surface area contributed by atoms with Crippen molar-refractivity contribution in [2.24, 2.45) is 0 Å². The van der Waals surface area contributed by atoms with Crippen molar-refractivity contribution in [2.75, 3.05) is 10.7 Å². The molecule has 0 unspecified atom stereocenters. The minimum atomic E-state index is -4.55. The molecule has 20 heavy (non-hydrogen) atoms. The Morgan fingerprint density at radius 1 is 1.20 bits per heavy atom. The first-order valence-electron chi connectivity index (χ1n) is 5.90. The predicted molar refractivity (Wildman–Crippen MR) is 79.5 cm³/mol. The van der Waals surface area contributed by atoms with Crippen LogP contribution in [0.3, 0.4) is 0 Å². The van der Waals surface area contributed by atoms with Gasteiger partial charge in [-0.05, 0) is 18.6 Å². The van der Waals surface area contributed by atoms with Gasteiger partial charge in [0.1, 0.15) is 0 Å². The average molecular weight is 417 g/mol. The summed E-state index contributed by atoms with van der Waals surface area (Å²) in [5.74, 6) is -0.723. The van der Waals surface area contributed by atoms with Crippen LogP contribution in [-0.4, -0.2) is 22.1 Å². The molecule has 1 amide bonds. The predicted octanol–water partition coefficient (Wildman–Crippen LogP) is 4.37. The molecule has 1 aromatic rings. The Hall–Kier alpha value is -0.560. The molecule has 112 valence electrons. The number of halogens is 5. The highest BCUT2D eigenvalue weighted by molar-refractivity contribution is 9.09. The molecule has 0 bridgehead atoms. The van der Waals surface area contributed by atoms with E-state index in [2.05, 4.69) is 37.2 Å².